The summed E-state index contributed by atoms with van der Waals surface area (Å²) in [7, 11) is 1.73. The van der Waals surface area contributed by atoms with Crippen LogP contribution < -0.4 is 15.0 Å². The maximum atomic E-state index is 12.0. The first-order valence-corrected chi connectivity index (χ1v) is 7.36. The zero-order chi connectivity index (χ0) is 15.4. The smallest absolute Gasteiger partial charge is 0.264 e. The molecule has 0 aliphatic carbocycles. The number of hydrogen-bond donors (Lipinski definition) is 1. The van der Waals surface area contributed by atoms with Crippen LogP contribution in [0.2, 0.25) is 0 Å². The molecule has 0 atom stereocenters. The number of fused-ring (bicyclic) bond motifs is 1. The molecule has 5 heteroatoms. The normalized spacial score (nSPS) is 13.9. The molecular weight excluding hydrogens is 268 g/mol. The van der Waals surface area contributed by atoms with Gasteiger partial charge in [-0.1, -0.05) is 19.9 Å². The molecule has 1 aromatic rings. The number of nitrogens with zero attached hydrogens (tertiary/aromatic N) is 1. The van der Waals surface area contributed by atoms with Crippen LogP contribution in [-0.4, -0.2) is 25.5 Å². The molecule has 0 radical (unpaired) electrons. The van der Waals surface area contributed by atoms with Gasteiger partial charge in [0, 0.05) is 19.5 Å². The van der Waals surface area contributed by atoms with Gasteiger partial charge in [-0.15, -0.1) is 0 Å². The molecule has 1 aliphatic rings. The van der Waals surface area contributed by atoms with Gasteiger partial charge in [-0.25, -0.2) is 0 Å². The lowest BCUT2D eigenvalue weighted by Crippen LogP contribution is -2.35. The lowest BCUT2D eigenvalue weighted by molar-refractivity contribution is -0.125. The SMILES string of the molecule is CCC(CC)C(=O)NCc1ccc2c(c1)N(C)C(=O)CO2. The second kappa shape index (κ2) is 6.61. The number of rotatable bonds is 5. The maximum Gasteiger partial charge on any atom is 0.264 e. The van der Waals surface area contributed by atoms with Crippen LogP contribution in [0.25, 0.3) is 0 Å². The molecule has 5 nitrogen and oxygen atoms in total. The van der Waals surface area contributed by atoms with E-state index in [0.717, 1.165) is 24.1 Å². The Morgan fingerprint density at radius 3 is 2.76 bits per heavy atom. The highest BCUT2D eigenvalue weighted by atomic mass is 16.5. The summed E-state index contributed by atoms with van der Waals surface area (Å²) in [5.41, 5.74) is 1.71. The highest BCUT2D eigenvalue weighted by Gasteiger charge is 2.22. The minimum absolute atomic E-state index is 0.0650. The van der Waals surface area contributed by atoms with Gasteiger partial charge in [0.2, 0.25) is 5.91 Å². The topological polar surface area (TPSA) is 58.6 Å². The summed E-state index contributed by atoms with van der Waals surface area (Å²) < 4.78 is 5.38. The second-order valence-corrected chi connectivity index (χ2v) is 5.27. The molecule has 1 aliphatic heterocycles. The molecule has 21 heavy (non-hydrogen) atoms. The summed E-state index contributed by atoms with van der Waals surface area (Å²) in [5, 5.41) is 2.95. The Morgan fingerprint density at radius 2 is 2.10 bits per heavy atom. The van der Waals surface area contributed by atoms with Crippen molar-refractivity contribution in [3.8, 4) is 5.75 Å². The van der Waals surface area contributed by atoms with Gasteiger partial charge in [-0.05, 0) is 30.5 Å². The number of likely N-dealkylation sites (N-methyl/N-ethyl adjacent to an activating group) is 1. The fourth-order valence-electron chi connectivity index (χ4n) is 2.42. The summed E-state index contributed by atoms with van der Waals surface area (Å²) in [6, 6.07) is 5.64. The molecule has 0 saturated heterocycles. The van der Waals surface area contributed by atoms with Crippen LogP contribution in [0, 0.1) is 5.92 Å². The monoisotopic (exact) mass is 290 g/mol. The van der Waals surface area contributed by atoms with E-state index in [1.54, 1.807) is 11.9 Å². The Hall–Kier alpha value is -2.04. The van der Waals surface area contributed by atoms with Crippen molar-refractivity contribution in [1.29, 1.82) is 0 Å². The van der Waals surface area contributed by atoms with Gasteiger partial charge in [-0.3, -0.25) is 9.59 Å². The number of anilines is 1. The fraction of sp³-hybridized carbons (Fsp3) is 0.500. The number of amides is 2. The van der Waals surface area contributed by atoms with Crippen LogP contribution in [0.5, 0.6) is 5.75 Å². The summed E-state index contributed by atoms with van der Waals surface area (Å²) in [6.45, 7) is 4.58. The summed E-state index contributed by atoms with van der Waals surface area (Å²) in [5.74, 6) is 0.779. The van der Waals surface area contributed by atoms with Gasteiger partial charge in [0.05, 0.1) is 5.69 Å². The molecule has 0 saturated carbocycles. The minimum atomic E-state index is -0.0688. The molecule has 0 unspecified atom stereocenters. The molecule has 1 N–H and O–H groups in total. The van der Waals surface area contributed by atoms with Gasteiger partial charge in [0.25, 0.3) is 5.91 Å². The largest absolute Gasteiger partial charge is 0.482 e. The zero-order valence-corrected chi connectivity index (χ0v) is 12.8. The third kappa shape index (κ3) is 3.35. The van der Waals surface area contributed by atoms with E-state index in [4.69, 9.17) is 4.74 Å². The Bertz CT molecular complexity index is 538. The first kappa shape index (κ1) is 15.4. The first-order valence-electron chi connectivity index (χ1n) is 7.36. The average molecular weight is 290 g/mol. The van der Waals surface area contributed by atoms with E-state index in [0.29, 0.717) is 12.3 Å². The molecular formula is C16H22N2O3. The number of hydrogen-bond acceptors (Lipinski definition) is 3. The van der Waals surface area contributed by atoms with Crippen molar-refractivity contribution in [2.75, 3.05) is 18.6 Å². The van der Waals surface area contributed by atoms with Crippen LogP contribution in [-0.2, 0) is 16.1 Å². The Morgan fingerprint density at radius 1 is 1.38 bits per heavy atom. The van der Waals surface area contributed by atoms with Crippen molar-refractivity contribution in [3.05, 3.63) is 23.8 Å². The molecule has 2 rings (SSSR count). The summed E-state index contributed by atoms with van der Waals surface area (Å²) in [6.07, 6.45) is 1.69. The van der Waals surface area contributed by atoms with Gasteiger partial charge in [-0.2, -0.15) is 0 Å². The summed E-state index contributed by atoms with van der Waals surface area (Å²) >= 11 is 0. The highest BCUT2D eigenvalue weighted by Crippen LogP contribution is 2.31. The Kier molecular flexibility index (Phi) is 4.83. The van der Waals surface area contributed by atoms with Crippen molar-refractivity contribution < 1.29 is 14.3 Å². The van der Waals surface area contributed by atoms with Crippen LogP contribution in [0.15, 0.2) is 18.2 Å². The average Bonchev–Trinajstić information content (AvgIpc) is 2.50. The molecule has 0 aromatic heterocycles. The minimum Gasteiger partial charge on any atom is -0.482 e. The predicted molar refractivity (Wildman–Crippen MR) is 81.3 cm³/mol. The molecule has 1 heterocycles. The molecule has 114 valence electrons. The Balaban J connectivity index is 2.05. The van der Waals surface area contributed by atoms with Gasteiger partial charge in [0.1, 0.15) is 5.75 Å². The van der Waals surface area contributed by atoms with Crippen molar-refractivity contribution >= 4 is 17.5 Å². The molecule has 0 spiro atoms. The highest BCUT2D eigenvalue weighted by molar-refractivity contribution is 5.97. The van der Waals surface area contributed by atoms with Crippen molar-refractivity contribution in [3.63, 3.8) is 0 Å². The predicted octanol–water partition coefficient (Wildman–Crippen LogP) is 2.09. The lowest BCUT2D eigenvalue weighted by Gasteiger charge is -2.26. The number of benzene rings is 1. The first-order chi connectivity index (χ1) is 10.1. The van der Waals surface area contributed by atoms with Gasteiger partial charge < -0.3 is 15.0 Å². The standard InChI is InChI=1S/C16H22N2O3/c1-4-12(5-2)16(20)17-9-11-6-7-14-13(8-11)18(3)15(19)10-21-14/h6-8,12H,4-5,9-10H2,1-3H3,(H,17,20). The van der Waals surface area contributed by atoms with E-state index < -0.39 is 0 Å². The van der Waals surface area contributed by atoms with E-state index in [9.17, 15) is 9.59 Å². The zero-order valence-electron chi connectivity index (χ0n) is 12.8. The molecule has 0 bridgehead atoms. The summed E-state index contributed by atoms with van der Waals surface area (Å²) in [4.78, 5) is 25.2. The van der Waals surface area contributed by atoms with Gasteiger partial charge in [0.15, 0.2) is 6.61 Å². The van der Waals surface area contributed by atoms with Crippen molar-refractivity contribution in [2.24, 2.45) is 5.92 Å². The second-order valence-electron chi connectivity index (χ2n) is 5.27. The molecule has 0 fully saturated rings. The van der Waals surface area contributed by atoms with E-state index >= 15 is 0 Å². The Labute approximate surface area is 125 Å². The third-order valence-corrected chi connectivity index (χ3v) is 3.93. The maximum absolute atomic E-state index is 12.0. The number of nitrogens with one attached hydrogen (secondary N) is 1. The fourth-order valence-corrected chi connectivity index (χ4v) is 2.42. The number of carbonyl (C=O) groups is 2. The van der Waals surface area contributed by atoms with E-state index in [1.807, 2.05) is 32.0 Å². The molecule has 1 aromatic carbocycles. The van der Waals surface area contributed by atoms with Crippen LogP contribution >= 0.6 is 0 Å². The van der Waals surface area contributed by atoms with Crippen LogP contribution in [0.4, 0.5) is 5.69 Å². The lowest BCUT2D eigenvalue weighted by atomic mass is 10.0. The van der Waals surface area contributed by atoms with Crippen LogP contribution in [0.1, 0.15) is 32.3 Å². The third-order valence-electron chi connectivity index (χ3n) is 3.93. The quantitative estimate of drug-likeness (QED) is 0.903. The number of ether oxygens (including phenoxy) is 1. The van der Waals surface area contributed by atoms with Crippen molar-refractivity contribution in [2.45, 2.75) is 33.2 Å². The molecule has 2 amide bonds. The number of carbonyl (C=O) groups excluding carboxylic acids is 2. The van der Waals surface area contributed by atoms with Crippen LogP contribution in [0.3, 0.4) is 0 Å². The van der Waals surface area contributed by atoms with Gasteiger partial charge >= 0.3 is 0 Å². The van der Waals surface area contributed by atoms with E-state index in [2.05, 4.69) is 5.32 Å². The van der Waals surface area contributed by atoms with E-state index in [1.165, 1.54) is 0 Å². The van der Waals surface area contributed by atoms with Crippen molar-refractivity contribution in [1.82, 2.24) is 5.32 Å². The van der Waals surface area contributed by atoms with E-state index in [-0.39, 0.29) is 24.3 Å².